The van der Waals surface area contributed by atoms with Crippen molar-refractivity contribution in [2.24, 2.45) is 0 Å². The number of hydrogen-bond acceptors (Lipinski definition) is 6. The first-order chi connectivity index (χ1) is 13.5. The third kappa shape index (κ3) is 5.53. The van der Waals surface area contributed by atoms with Crippen LogP contribution in [0.25, 0.3) is 0 Å². The summed E-state index contributed by atoms with van der Waals surface area (Å²) >= 11 is 0. The molecule has 8 heteroatoms. The molecule has 1 amide bonds. The second-order valence-electron chi connectivity index (χ2n) is 7.59. The zero-order chi connectivity index (χ0) is 19.9. The zero-order valence-corrected chi connectivity index (χ0v) is 17.1. The van der Waals surface area contributed by atoms with E-state index < -0.39 is 0 Å². The van der Waals surface area contributed by atoms with Gasteiger partial charge in [-0.2, -0.15) is 0 Å². The van der Waals surface area contributed by atoms with Crippen molar-refractivity contribution >= 4 is 11.6 Å². The summed E-state index contributed by atoms with van der Waals surface area (Å²) in [4.78, 5) is 19.3. The highest BCUT2D eigenvalue weighted by Crippen LogP contribution is 2.16. The Morgan fingerprint density at radius 1 is 1.18 bits per heavy atom. The van der Waals surface area contributed by atoms with E-state index in [-0.39, 0.29) is 11.9 Å². The van der Waals surface area contributed by atoms with Gasteiger partial charge in [0, 0.05) is 51.0 Å². The molecule has 1 aliphatic heterocycles. The number of hydrogen-bond donors (Lipinski definition) is 1. The van der Waals surface area contributed by atoms with E-state index in [9.17, 15) is 4.79 Å². The standard InChI is InChI=1S/C20H31N7O/c1-17(25-10-12-26(13-11-25)18-7-5-4-6-8-18)15-21-20(28)19-16-27(23-22-19)14-9-24(2)3/h4-8,16-17H,9-15H2,1-3H3,(H,21,28). The zero-order valence-electron chi connectivity index (χ0n) is 17.1. The quantitative estimate of drug-likeness (QED) is 0.724. The van der Waals surface area contributed by atoms with E-state index in [2.05, 4.69) is 61.5 Å². The van der Waals surface area contributed by atoms with Crippen LogP contribution in [0.3, 0.4) is 0 Å². The Labute approximate surface area is 167 Å². The summed E-state index contributed by atoms with van der Waals surface area (Å²) in [6, 6.07) is 10.8. The largest absolute Gasteiger partial charge is 0.369 e. The van der Waals surface area contributed by atoms with Crippen LogP contribution >= 0.6 is 0 Å². The molecule has 1 atom stereocenters. The molecule has 0 aliphatic carbocycles. The number of para-hydroxylation sites is 1. The van der Waals surface area contributed by atoms with Gasteiger partial charge in [0.25, 0.3) is 5.91 Å². The second-order valence-corrected chi connectivity index (χ2v) is 7.59. The van der Waals surface area contributed by atoms with Crippen LogP contribution < -0.4 is 10.2 Å². The minimum absolute atomic E-state index is 0.161. The number of rotatable bonds is 8. The van der Waals surface area contributed by atoms with Crippen molar-refractivity contribution in [1.29, 1.82) is 0 Å². The normalized spacial score (nSPS) is 16.4. The Morgan fingerprint density at radius 2 is 1.89 bits per heavy atom. The Bertz CT molecular complexity index is 738. The van der Waals surface area contributed by atoms with Gasteiger partial charge in [0.05, 0.1) is 12.7 Å². The molecule has 3 rings (SSSR count). The van der Waals surface area contributed by atoms with Crippen LogP contribution in [0, 0.1) is 0 Å². The number of anilines is 1. The average Bonchev–Trinajstić information content (AvgIpc) is 3.20. The molecule has 1 aromatic heterocycles. The first-order valence-electron chi connectivity index (χ1n) is 9.90. The minimum atomic E-state index is -0.161. The fraction of sp³-hybridized carbons (Fsp3) is 0.550. The van der Waals surface area contributed by atoms with Gasteiger partial charge in [-0.05, 0) is 33.2 Å². The monoisotopic (exact) mass is 385 g/mol. The molecular formula is C20H31N7O. The molecule has 1 unspecified atom stereocenters. The molecule has 0 spiro atoms. The van der Waals surface area contributed by atoms with E-state index in [4.69, 9.17) is 0 Å². The van der Waals surface area contributed by atoms with E-state index in [1.165, 1.54) is 5.69 Å². The van der Waals surface area contributed by atoms with Crippen LogP contribution in [0.1, 0.15) is 17.4 Å². The summed E-state index contributed by atoms with van der Waals surface area (Å²) < 4.78 is 1.71. The Balaban J connectivity index is 1.42. The smallest absolute Gasteiger partial charge is 0.273 e. The number of amides is 1. The third-order valence-corrected chi connectivity index (χ3v) is 5.16. The van der Waals surface area contributed by atoms with Crippen LogP contribution in [0.5, 0.6) is 0 Å². The van der Waals surface area contributed by atoms with Crippen LogP contribution in [0.15, 0.2) is 36.5 Å². The lowest BCUT2D eigenvalue weighted by atomic mass is 10.2. The molecule has 0 radical (unpaired) electrons. The Morgan fingerprint density at radius 3 is 2.57 bits per heavy atom. The van der Waals surface area contributed by atoms with Gasteiger partial charge in [-0.15, -0.1) is 5.10 Å². The molecule has 0 saturated carbocycles. The predicted octanol–water partition coefficient (Wildman–Crippen LogP) is 0.780. The van der Waals surface area contributed by atoms with Crippen molar-refractivity contribution in [3.63, 3.8) is 0 Å². The number of nitrogens with one attached hydrogen (secondary N) is 1. The molecule has 2 aromatic rings. The maximum absolute atomic E-state index is 12.4. The molecule has 152 valence electrons. The number of nitrogens with zero attached hydrogens (tertiary/aromatic N) is 6. The number of carbonyl (C=O) groups is 1. The van der Waals surface area contributed by atoms with Gasteiger partial charge < -0.3 is 15.1 Å². The SMILES string of the molecule is CC(CNC(=O)c1cn(CCN(C)C)nn1)N1CCN(c2ccccc2)CC1. The topological polar surface area (TPSA) is 69.5 Å². The fourth-order valence-electron chi connectivity index (χ4n) is 3.33. The van der Waals surface area contributed by atoms with Crippen LogP contribution in [-0.4, -0.2) is 90.1 Å². The maximum atomic E-state index is 12.4. The summed E-state index contributed by atoms with van der Waals surface area (Å²) in [5.74, 6) is -0.161. The van der Waals surface area contributed by atoms with Gasteiger partial charge in [0.1, 0.15) is 0 Å². The number of aromatic nitrogens is 3. The molecule has 0 bridgehead atoms. The molecule has 28 heavy (non-hydrogen) atoms. The molecule has 1 N–H and O–H groups in total. The lowest BCUT2D eigenvalue weighted by molar-refractivity contribution is 0.0929. The van der Waals surface area contributed by atoms with Crippen molar-refractivity contribution in [3.05, 3.63) is 42.2 Å². The third-order valence-electron chi connectivity index (χ3n) is 5.16. The molecule has 1 fully saturated rings. The van der Waals surface area contributed by atoms with Crippen molar-refractivity contribution in [2.45, 2.75) is 19.5 Å². The summed E-state index contributed by atoms with van der Waals surface area (Å²) in [5.41, 5.74) is 1.65. The van der Waals surface area contributed by atoms with Crippen molar-refractivity contribution < 1.29 is 4.79 Å². The molecule has 2 heterocycles. The van der Waals surface area contributed by atoms with E-state index in [0.717, 1.165) is 39.3 Å². The Kier molecular flexibility index (Phi) is 7.00. The second kappa shape index (κ2) is 9.66. The predicted molar refractivity (Wildman–Crippen MR) is 111 cm³/mol. The Hall–Kier alpha value is -2.45. The highest BCUT2D eigenvalue weighted by atomic mass is 16.2. The highest BCUT2D eigenvalue weighted by Gasteiger charge is 2.22. The van der Waals surface area contributed by atoms with Gasteiger partial charge >= 0.3 is 0 Å². The number of carbonyl (C=O) groups excluding carboxylic acids is 1. The summed E-state index contributed by atoms with van der Waals surface area (Å²) in [7, 11) is 4.01. The van der Waals surface area contributed by atoms with Crippen LogP contribution in [-0.2, 0) is 6.54 Å². The van der Waals surface area contributed by atoms with Gasteiger partial charge in [-0.3, -0.25) is 14.4 Å². The molecule has 1 saturated heterocycles. The summed E-state index contributed by atoms with van der Waals surface area (Å²) in [6.07, 6.45) is 1.71. The van der Waals surface area contributed by atoms with Gasteiger partial charge in [-0.25, -0.2) is 0 Å². The van der Waals surface area contributed by atoms with Gasteiger partial charge in [0.15, 0.2) is 5.69 Å². The molecular weight excluding hydrogens is 354 g/mol. The van der Waals surface area contributed by atoms with E-state index in [0.29, 0.717) is 12.2 Å². The molecule has 1 aliphatic rings. The first-order valence-corrected chi connectivity index (χ1v) is 9.90. The highest BCUT2D eigenvalue weighted by molar-refractivity contribution is 5.91. The van der Waals surface area contributed by atoms with Gasteiger partial charge in [-0.1, -0.05) is 23.4 Å². The summed E-state index contributed by atoms with van der Waals surface area (Å²) in [5, 5.41) is 11.0. The first kappa shape index (κ1) is 20.3. The van der Waals surface area contributed by atoms with E-state index >= 15 is 0 Å². The maximum Gasteiger partial charge on any atom is 0.273 e. The molecule has 8 nitrogen and oxygen atoms in total. The molecule has 1 aromatic carbocycles. The van der Waals surface area contributed by atoms with Crippen molar-refractivity contribution in [3.8, 4) is 0 Å². The summed E-state index contributed by atoms with van der Waals surface area (Å²) in [6.45, 7) is 8.33. The van der Waals surface area contributed by atoms with Crippen LogP contribution in [0.4, 0.5) is 5.69 Å². The average molecular weight is 386 g/mol. The fourth-order valence-corrected chi connectivity index (χ4v) is 3.33. The van der Waals surface area contributed by atoms with Crippen LogP contribution in [0.2, 0.25) is 0 Å². The number of piperazine rings is 1. The minimum Gasteiger partial charge on any atom is -0.369 e. The van der Waals surface area contributed by atoms with Gasteiger partial charge in [0.2, 0.25) is 0 Å². The number of likely N-dealkylation sites (N-methyl/N-ethyl adjacent to an activating group) is 1. The number of benzene rings is 1. The van der Waals surface area contributed by atoms with Crippen molar-refractivity contribution in [2.75, 3.05) is 58.3 Å². The van der Waals surface area contributed by atoms with E-state index in [1.54, 1.807) is 10.9 Å². The lowest BCUT2D eigenvalue weighted by Gasteiger charge is -2.39. The van der Waals surface area contributed by atoms with E-state index in [1.807, 2.05) is 20.2 Å². The lowest BCUT2D eigenvalue weighted by Crippen LogP contribution is -2.52. The van der Waals surface area contributed by atoms with Crippen molar-refractivity contribution in [1.82, 2.24) is 30.1 Å².